The highest BCUT2D eigenvalue weighted by atomic mass is 16.7. The van der Waals surface area contributed by atoms with E-state index in [0.717, 1.165) is 19.3 Å². The number of nitrogens with one attached hydrogen (secondary N) is 1. The van der Waals surface area contributed by atoms with E-state index in [1.165, 1.54) is 11.1 Å². The van der Waals surface area contributed by atoms with Crippen molar-refractivity contribution in [3.8, 4) is 11.5 Å². The van der Waals surface area contributed by atoms with Gasteiger partial charge in [0.15, 0.2) is 11.5 Å². The monoisotopic (exact) mass is 309 g/mol. The average Bonchev–Trinajstić information content (AvgIpc) is 3.08. The second-order valence-corrected chi connectivity index (χ2v) is 6.13. The van der Waals surface area contributed by atoms with E-state index in [9.17, 15) is 4.79 Å². The van der Waals surface area contributed by atoms with Crippen LogP contribution in [-0.2, 0) is 12.8 Å². The summed E-state index contributed by atoms with van der Waals surface area (Å²) in [5, 5.41) is 3.05. The van der Waals surface area contributed by atoms with Gasteiger partial charge in [-0.05, 0) is 48.4 Å². The molecule has 1 heterocycles. The van der Waals surface area contributed by atoms with Crippen LogP contribution in [0.4, 0.5) is 0 Å². The van der Waals surface area contributed by atoms with Gasteiger partial charge in [0.2, 0.25) is 6.79 Å². The molecule has 0 spiro atoms. The molecule has 2 aliphatic rings. The summed E-state index contributed by atoms with van der Waals surface area (Å²) in [6.07, 6.45) is 3.24. The first-order valence-electron chi connectivity index (χ1n) is 8.05. The number of rotatable bonds is 3. The Morgan fingerprint density at radius 3 is 2.87 bits per heavy atom. The molecule has 0 saturated heterocycles. The van der Waals surface area contributed by atoms with Gasteiger partial charge in [0.05, 0.1) is 5.56 Å². The molecule has 0 fully saturated rings. The first kappa shape index (κ1) is 14.1. The summed E-state index contributed by atoms with van der Waals surface area (Å²) in [6.45, 7) is 0.872. The summed E-state index contributed by atoms with van der Waals surface area (Å²) in [6, 6.07) is 14.0. The largest absolute Gasteiger partial charge is 0.454 e. The van der Waals surface area contributed by atoms with Crippen molar-refractivity contribution in [2.24, 2.45) is 5.92 Å². The maximum absolute atomic E-state index is 12.4. The van der Waals surface area contributed by atoms with Crippen LogP contribution in [0.1, 0.15) is 27.9 Å². The van der Waals surface area contributed by atoms with Crippen LogP contribution in [0.5, 0.6) is 11.5 Å². The molecule has 4 rings (SSSR count). The Labute approximate surface area is 135 Å². The minimum atomic E-state index is -0.0915. The number of carbonyl (C=O) groups is 1. The fourth-order valence-electron chi connectivity index (χ4n) is 3.39. The number of fused-ring (bicyclic) bond motifs is 2. The Balaban J connectivity index is 1.41. The molecule has 2 aromatic rings. The van der Waals surface area contributed by atoms with E-state index in [-0.39, 0.29) is 12.7 Å². The second kappa shape index (κ2) is 5.95. The lowest BCUT2D eigenvalue weighted by Crippen LogP contribution is -2.32. The standard InChI is InChI=1S/C19H19NO3/c21-19(16-6-3-7-17-18(16)23-12-22-17)20-11-13-8-9-14-4-1-2-5-15(14)10-13/h1-7,13H,8-12H2,(H,20,21). The SMILES string of the molecule is O=C(NCC1CCc2ccccc2C1)c1cccc2c1OCO2. The van der Waals surface area contributed by atoms with Crippen LogP contribution in [0.2, 0.25) is 0 Å². The first-order chi connectivity index (χ1) is 11.3. The van der Waals surface area contributed by atoms with E-state index in [4.69, 9.17) is 9.47 Å². The van der Waals surface area contributed by atoms with Crippen LogP contribution in [0.25, 0.3) is 0 Å². The van der Waals surface area contributed by atoms with Crippen molar-refractivity contribution in [1.29, 1.82) is 0 Å². The molecule has 1 aliphatic heterocycles. The van der Waals surface area contributed by atoms with Crippen LogP contribution in [-0.4, -0.2) is 19.2 Å². The number of benzene rings is 2. The molecule has 118 valence electrons. The van der Waals surface area contributed by atoms with Crippen LogP contribution >= 0.6 is 0 Å². The third-order valence-corrected chi connectivity index (χ3v) is 4.64. The van der Waals surface area contributed by atoms with Gasteiger partial charge in [-0.1, -0.05) is 30.3 Å². The molecule has 4 heteroatoms. The van der Waals surface area contributed by atoms with Gasteiger partial charge in [0, 0.05) is 6.54 Å². The number of para-hydroxylation sites is 1. The Bertz CT molecular complexity index is 741. The molecule has 23 heavy (non-hydrogen) atoms. The van der Waals surface area contributed by atoms with Gasteiger partial charge in [-0.15, -0.1) is 0 Å². The van der Waals surface area contributed by atoms with Crippen molar-refractivity contribution >= 4 is 5.91 Å². The molecule has 1 unspecified atom stereocenters. The predicted octanol–water partition coefficient (Wildman–Crippen LogP) is 2.95. The topological polar surface area (TPSA) is 47.6 Å². The number of hydrogen-bond acceptors (Lipinski definition) is 3. The van der Waals surface area contributed by atoms with Crippen LogP contribution in [0.15, 0.2) is 42.5 Å². The smallest absolute Gasteiger partial charge is 0.255 e. The van der Waals surface area contributed by atoms with Crippen molar-refractivity contribution in [2.45, 2.75) is 19.3 Å². The predicted molar refractivity (Wildman–Crippen MR) is 86.9 cm³/mol. The first-order valence-corrected chi connectivity index (χ1v) is 8.05. The van der Waals surface area contributed by atoms with Crippen molar-refractivity contribution < 1.29 is 14.3 Å². The maximum atomic E-state index is 12.4. The zero-order valence-electron chi connectivity index (χ0n) is 12.9. The van der Waals surface area contributed by atoms with Crippen molar-refractivity contribution in [2.75, 3.05) is 13.3 Å². The quantitative estimate of drug-likeness (QED) is 0.948. The van der Waals surface area contributed by atoms with E-state index in [1.807, 2.05) is 12.1 Å². The lowest BCUT2D eigenvalue weighted by Gasteiger charge is -2.24. The Morgan fingerprint density at radius 2 is 1.96 bits per heavy atom. The summed E-state index contributed by atoms with van der Waals surface area (Å²) < 4.78 is 10.7. The Morgan fingerprint density at radius 1 is 1.09 bits per heavy atom. The summed E-state index contributed by atoms with van der Waals surface area (Å²) in [5.74, 6) is 1.59. The molecule has 1 atom stereocenters. The molecule has 2 aromatic carbocycles. The molecule has 1 N–H and O–H groups in total. The van der Waals surface area contributed by atoms with Gasteiger partial charge in [0.1, 0.15) is 0 Å². The lowest BCUT2D eigenvalue weighted by atomic mass is 9.84. The molecular weight excluding hydrogens is 290 g/mol. The minimum absolute atomic E-state index is 0.0915. The third-order valence-electron chi connectivity index (χ3n) is 4.64. The highest BCUT2D eigenvalue weighted by Gasteiger charge is 2.23. The molecule has 0 bridgehead atoms. The summed E-state index contributed by atoms with van der Waals surface area (Å²) in [7, 11) is 0. The Hall–Kier alpha value is -2.49. The number of aryl methyl sites for hydroxylation is 1. The zero-order valence-corrected chi connectivity index (χ0v) is 12.9. The highest BCUT2D eigenvalue weighted by Crippen LogP contribution is 2.35. The fourth-order valence-corrected chi connectivity index (χ4v) is 3.39. The van der Waals surface area contributed by atoms with Gasteiger partial charge < -0.3 is 14.8 Å². The van der Waals surface area contributed by atoms with Crippen molar-refractivity contribution in [1.82, 2.24) is 5.32 Å². The van der Waals surface area contributed by atoms with E-state index in [1.54, 1.807) is 6.07 Å². The maximum Gasteiger partial charge on any atom is 0.255 e. The molecular formula is C19H19NO3. The van der Waals surface area contributed by atoms with Crippen LogP contribution in [0, 0.1) is 5.92 Å². The highest BCUT2D eigenvalue weighted by molar-refractivity contribution is 5.97. The number of ether oxygens (including phenoxy) is 2. The van der Waals surface area contributed by atoms with Gasteiger partial charge >= 0.3 is 0 Å². The van der Waals surface area contributed by atoms with E-state index < -0.39 is 0 Å². The van der Waals surface area contributed by atoms with Crippen molar-refractivity contribution in [3.63, 3.8) is 0 Å². The molecule has 0 radical (unpaired) electrons. The van der Waals surface area contributed by atoms with E-state index in [0.29, 0.717) is 29.5 Å². The Kier molecular flexibility index (Phi) is 3.66. The van der Waals surface area contributed by atoms with Crippen molar-refractivity contribution in [3.05, 3.63) is 59.2 Å². The normalized spacial score (nSPS) is 18.3. The third kappa shape index (κ3) is 2.77. The summed E-state index contributed by atoms with van der Waals surface area (Å²) >= 11 is 0. The molecule has 1 aliphatic carbocycles. The van der Waals surface area contributed by atoms with Gasteiger partial charge in [0.25, 0.3) is 5.91 Å². The molecule has 0 aromatic heterocycles. The average molecular weight is 309 g/mol. The minimum Gasteiger partial charge on any atom is -0.454 e. The zero-order chi connectivity index (χ0) is 15.6. The van der Waals surface area contributed by atoms with E-state index in [2.05, 4.69) is 29.6 Å². The fraction of sp³-hybridized carbons (Fsp3) is 0.316. The molecule has 0 saturated carbocycles. The molecule has 1 amide bonds. The van der Waals surface area contributed by atoms with Gasteiger partial charge in [-0.25, -0.2) is 0 Å². The number of amides is 1. The second-order valence-electron chi connectivity index (χ2n) is 6.13. The number of hydrogen-bond donors (Lipinski definition) is 1. The van der Waals surface area contributed by atoms with E-state index >= 15 is 0 Å². The van der Waals surface area contributed by atoms with Gasteiger partial charge in [-0.3, -0.25) is 4.79 Å². The van der Waals surface area contributed by atoms with Crippen LogP contribution < -0.4 is 14.8 Å². The molecule has 4 nitrogen and oxygen atoms in total. The van der Waals surface area contributed by atoms with Gasteiger partial charge in [-0.2, -0.15) is 0 Å². The lowest BCUT2D eigenvalue weighted by molar-refractivity contribution is 0.0941. The number of carbonyl (C=O) groups excluding carboxylic acids is 1. The van der Waals surface area contributed by atoms with Crippen LogP contribution in [0.3, 0.4) is 0 Å². The summed E-state index contributed by atoms with van der Waals surface area (Å²) in [4.78, 5) is 12.4. The summed E-state index contributed by atoms with van der Waals surface area (Å²) in [5.41, 5.74) is 3.41.